The molecule has 0 aliphatic heterocycles. The molecule has 0 aliphatic rings. The second-order valence-electron chi connectivity index (χ2n) is 22.7. The van der Waals surface area contributed by atoms with Gasteiger partial charge < -0.3 is 14.2 Å². The molecule has 0 saturated carbocycles. The average molecular weight is 1130 g/mol. The lowest BCUT2D eigenvalue weighted by atomic mass is 10.0. The Morgan fingerprint density at radius 1 is 0.259 bits per heavy atom. The Bertz CT molecular complexity index is 1620. The lowest BCUT2D eigenvalue weighted by Gasteiger charge is -2.18. The minimum atomic E-state index is -0.802. The van der Waals surface area contributed by atoms with Crippen LogP contribution in [0.2, 0.25) is 0 Å². The second-order valence-corrected chi connectivity index (χ2v) is 22.7. The van der Waals surface area contributed by atoms with Crippen molar-refractivity contribution in [2.45, 2.75) is 335 Å². The molecule has 0 aromatic heterocycles. The van der Waals surface area contributed by atoms with E-state index in [0.29, 0.717) is 12.8 Å². The van der Waals surface area contributed by atoms with Crippen LogP contribution < -0.4 is 0 Å². The minimum absolute atomic E-state index is 0.0940. The summed E-state index contributed by atoms with van der Waals surface area (Å²) in [6, 6.07) is 0. The van der Waals surface area contributed by atoms with Crippen LogP contribution in [-0.2, 0) is 28.6 Å². The van der Waals surface area contributed by atoms with E-state index in [0.717, 1.165) is 116 Å². The van der Waals surface area contributed by atoms with Crippen LogP contribution in [0.25, 0.3) is 0 Å². The number of esters is 3. The minimum Gasteiger partial charge on any atom is -0.462 e. The number of carbonyl (C=O) groups excluding carboxylic acids is 3. The fraction of sp³-hybridized carbons (Fsp3) is 0.720. The molecule has 0 aromatic rings. The lowest BCUT2D eigenvalue weighted by molar-refractivity contribution is -0.167. The summed E-state index contributed by atoms with van der Waals surface area (Å²) in [4.78, 5) is 38.4. The summed E-state index contributed by atoms with van der Waals surface area (Å²) < 4.78 is 16.9. The van der Waals surface area contributed by atoms with Crippen LogP contribution in [0.1, 0.15) is 329 Å². The fourth-order valence-corrected chi connectivity index (χ4v) is 9.59. The molecule has 0 aliphatic carbocycles. The van der Waals surface area contributed by atoms with Crippen molar-refractivity contribution in [2.24, 2.45) is 0 Å². The predicted molar refractivity (Wildman–Crippen MR) is 353 cm³/mol. The van der Waals surface area contributed by atoms with Gasteiger partial charge in [0.15, 0.2) is 6.10 Å². The SMILES string of the molecule is CC/C=C\C/C=C\C/C=C\C/C=C\C/C=C\CCCCCC(=O)OC(COC(=O)CCCCCCC/C=C\CCCCCCCC)COC(=O)CCCCCCCCCCCCCCCC/C=C\C/C=C\C/C=C\CCCCCCC. The number of hydrogen-bond acceptors (Lipinski definition) is 6. The van der Waals surface area contributed by atoms with E-state index in [1.54, 1.807) is 0 Å². The Morgan fingerprint density at radius 2 is 0.481 bits per heavy atom. The molecule has 0 radical (unpaired) electrons. The number of allylic oxidation sites excluding steroid dienone is 18. The van der Waals surface area contributed by atoms with E-state index in [-0.39, 0.29) is 37.5 Å². The third-order valence-electron chi connectivity index (χ3n) is 14.7. The average Bonchev–Trinajstić information content (AvgIpc) is 3.47. The first-order chi connectivity index (χ1) is 40.0. The Labute approximate surface area is 501 Å². The molecule has 0 heterocycles. The third kappa shape index (κ3) is 66.8. The van der Waals surface area contributed by atoms with Gasteiger partial charge in [-0.2, -0.15) is 0 Å². The van der Waals surface area contributed by atoms with Gasteiger partial charge in [-0.15, -0.1) is 0 Å². The van der Waals surface area contributed by atoms with Crippen LogP contribution in [0.15, 0.2) is 109 Å². The molecule has 0 saturated heterocycles. The van der Waals surface area contributed by atoms with E-state index in [9.17, 15) is 14.4 Å². The smallest absolute Gasteiger partial charge is 0.306 e. The zero-order valence-corrected chi connectivity index (χ0v) is 53.3. The first-order valence-corrected chi connectivity index (χ1v) is 34.4. The highest BCUT2D eigenvalue weighted by Crippen LogP contribution is 2.16. The Kier molecular flexibility index (Phi) is 65.2. The first-order valence-electron chi connectivity index (χ1n) is 34.4. The van der Waals surface area contributed by atoms with E-state index >= 15 is 0 Å². The van der Waals surface area contributed by atoms with Gasteiger partial charge in [0, 0.05) is 19.3 Å². The number of unbranched alkanes of at least 4 members (excludes halogenated alkanes) is 33. The molecule has 0 N–H and O–H groups in total. The van der Waals surface area contributed by atoms with Crippen molar-refractivity contribution in [3.8, 4) is 0 Å². The van der Waals surface area contributed by atoms with Gasteiger partial charge in [-0.05, 0) is 128 Å². The molecule has 0 spiro atoms. The number of ether oxygens (including phenoxy) is 3. The van der Waals surface area contributed by atoms with Crippen molar-refractivity contribution < 1.29 is 28.6 Å². The molecule has 0 bridgehead atoms. The summed E-state index contributed by atoms with van der Waals surface area (Å²) in [5.74, 6) is -0.925. The van der Waals surface area contributed by atoms with E-state index in [2.05, 4.69) is 130 Å². The standard InChI is InChI=1S/C75H128O6/c1-4-7-10-13-16-19-22-25-28-30-32-33-34-35-36-37-38-39-40-41-43-44-47-50-53-56-59-62-65-68-74(77)80-71-72(70-79-73(76)67-64-61-58-55-52-49-46-27-24-21-18-15-12-9-6-3)81-75(78)69-66-63-60-57-54-51-48-45-42-31-29-26-23-20-17-14-11-8-5-2/h8,11,17,20,22,25-27,29-30,32,34-35,42,45-46,51,54,72H,4-7,9-10,12-16,18-19,21,23-24,28,31,33,36-41,43-44,47-50,52-53,55-71H2,1-3H3/b11-8-,20-17-,25-22-,29-26-,32-30-,35-34-,45-42-,46-27-,54-51-. The molecule has 6 nitrogen and oxygen atoms in total. The Morgan fingerprint density at radius 3 is 0.778 bits per heavy atom. The van der Waals surface area contributed by atoms with Gasteiger partial charge in [0.2, 0.25) is 0 Å². The van der Waals surface area contributed by atoms with Crippen molar-refractivity contribution in [1.29, 1.82) is 0 Å². The maximum Gasteiger partial charge on any atom is 0.306 e. The fourth-order valence-electron chi connectivity index (χ4n) is 9.59. The van der Waals surface area contributed by atoms with Crippen LogP contribution >= 0.6 is 0 Å². The Hall–Kier alpha value is -3.93. The van der Waals surface area contributed by atoms with Crippen LogP contribution in [0.3, 0.4) is 0 Å². The number of hydrogen-bond donors (Lipinski definition) is 0. The summed E-state index contributed by atoms with van der Waals surface area (Å²) in [7, 11) is 0. The normalized spacial score (nSPS) is 12.8. The summed E-state index contributed by atoms with van der Waals surface area (Å²) in [6.07, 6.45) is 93.9. The molecule has 0 aromatic carbocycles. The van der Waals surface area contributed by atoms with Crippen molar-refractivity contribution in [1.82, 2.24) is 0 Å². The summed E-state index contributed by atoms with van der Waals surface area (Å²) in [5, 5.41) is 0. The maximum absolute atomic E-state index is 12.9. The quantitative estimate of drug-likeness (QED) is 0.0261. The van der Waals surface area contributed by atoms with E-state index < -0.39 is 6.10 Å². The molecule has 0 fully saturated rings. The van der Waals surface area contributed by atoms with Gasteiger partial charge in [0.1, 0.15) is 13.2 Å². The molecule has 1 atom stereocenters. The van der Waals surface area contributed by atoms with Crippen LogP contribution in [0, 0.1) is 0 Å². The van der Waals surface area contributed by atoms with Crippen molar-refractivity contribution in [3.63, 3.8) is 0 Å². The number of rotatable bonds is 62. The van der Waals surface area contributed by atoms with Crippen molar-refractivity contribution in [3.05, 3.63) is 109 Å². The highest BCUT2D eigenvalue weighted by atomic mass is 16.6. The summed E-state index contributed by atoms with van der Waals surface area (Å²) in [6.45, 7) is 6.50. The molecule has 1 unspecified atom stereocenters. The maximum atomic E-state index is 12.9. The van der Waals surface area contributed by atoms with Crippen molar-refractivity contribution >= 4 is 17.9 Å². The van der Waals surface area contributed by atoms with Gasteiger partial charge in [-0.3, -0.25) is 14.4 Å². The molecular formula is C75H128O6. The second kappa shape index (κ2) is 68.6. The summed E-state index contributed by atoms with van der Waals surface area (Å²) >= 11 is 0. The molecule has 464 valence electrons. The van der Waals surface area contributed by atoms with E-state index in [1.165, 1.54) is 173 Å². The summed E-state index contributed by atoms with van der Waals surface area (Å²) in [5.41, 5.74) is 0. The van der Waals surface area contributed by atoms with Gasteiger partial charge in [0.25, 0.3) is 0 Å². The van der Waals surface area contributed by atoms with Gasteiger partial charge >= 0.3 is 17.9 Å². The van der Waals surface area contributed by atoms with E-state index in [1.807, 2.05) is 0 Å². The van der Waals surface area contributed by atoms with Crippen LogP contribution in [-0.4, -0.2) is 37.2 Å². The zero-order chi connectivity index (χ0) is 58.5. The largest absolute Gasteiger partial charge is 0.462 e. The highest BCUT2D eigenvalue weighted by Gasteiger charge is 2.19. The number of carbonyl (C=O) groups is 3. The first kappa shape index (κ1) is 77.1. The third-order valence-corrected chi connectivity index (χ3v) is 14.7. The van der Waals surface area contributed by atoms with Crippen molar-refractivity contribution in [2.75, 3.05) is 13.2 Å². The van der Waals surface area contributed by atoms with Gasteiger partial charge in [-0.25, -0.2) is 0 Å². The van der Waals surface area contributed by atoms with E-state index in [4.69, 9.17) is 14.2 Å². The topological polar surface area (TPSA) is 78.9 Å². The lowest BCUT2D eigenvalue weighted by Crippen LogP contribution is -2.30. The molecule has 0 amide bonds. The van der Waals surface area contributed by atoms with Gasteiger partial charge in [0.05, 0.1) is 0 Å². The van der Waals surface area contributed by atoms with Crippen LogP contribution in [0.5, 0.6) is 0 Å². The molecule has 0 rings (SSSR count). The molecule has 81 heavy (non-hydrogen) atoms. The monoisotopic (exact) mass is 1120 g/mol. The van der Waals surface area contributed by atoms with Gasteiger partial charge in [-0.1, -0.05) is 291 Å². The Balaban J connectivity index is 4.34. The highest BCUT2D eigenvalue weighted by molar-refractivity contribution is 5.71. The van der Waals surface area contributed by atoms with Crippen LogP contribution in [0.4, 0.5) is 0 Å². The predicted octanol–water partition coefficient (Wildman–Crippen LogP) is 23.8. The molecule has 6 heteroatoms. The zero-order valence-electron chi connectivity index (χ0n) is 53.3. The molecular weight excluding hydrogens is 997 g/mol.